The normalized spacial score (nSPS) is 22.8. The van der Waals surface area contributed by atoms with Crippen LogP contribution >= 0.6 is 0 Å². The number of rotatable bonds is 6. The maximum atomic E-state index is 12.2. The second-order valence-corrected chi connectivity index (χ2v) is 6.41. The topological polar surface area (TPSA) is 89.6 Å². The molecule has 6 heteroatoms. The minimum absolute atomic E-state index is 0. The number of benzene rings is 1. The molecule has 1 fully saturated rings. The Morgan fingerprint density at radius 1 is 1.21 bits per heavy atom. The van der Waals surface area contributed by atoms with Crippen molar-refractivity contribution >= 4 is 63.3 Å². The van der Waals surface area contributed by atoms with Gasteiger partial charge in [0.15, 0.2) is 0 Å². The van der Waals surface area contributed by atoms with Crippen LogP contribution in [0.2, 0.25) is 0 Å². The first kappa shape index (κ1) is 21.8. The number of ether oxygens (including phenoxy) is 1. The first-order chi connectivity index (χ1) is 11.0. The molecule has 24 heavy (non-hydrogen) atoms. The molecule has 0 aromatic heterocycles. The standard InChI is InChI=1S/C18H25NO4.K.H/c1-12(11-13-5-3-2-4-6-13)23-18(22)16(19)14-7-9-15(10-8-14)17(20)21;;/h2-6,12,14-16H,7-11,19H2,1H3,(H,20,21);;/t12?,14-,15-,16?;;. The summed E-state index contributed by atoms with van der Waals surface area (Å²) < 4.78 is 5.46. The average molecular weight is 360 g/mol. The van der Waals surface area contributed by atoms with Crippen LogP contribution in [0.25, 0.3) is 0 Å². The molecule has 1 saturated carbocycles. The number of aliphatic carboxylic acids is 1. The summed E-state index contributed by atoms with van der Waals surface area (Å²) in [4.78, 5) is 23.2. The number of hydrogen-bond donors (Lipinski definition) is 2. The van der Waals surface area contributed by atoms with Crippen molar-refractivity contribution < 1.29 is 19.4 Å². The molecular formula is C18H26KNO4. The van der Waals surface area contributed by atoms with Crippen molar-refractivity contribution in [1.82, 2.24) is 0 Å². The molecule has 0 amide bonds. The summed E-state index contributed by atoms with van der Waals surface area (Å²) in [5, 5.41) is 9.01. The van der Waals surface area contributed by atoms with Crippen LogP contribution < -0.4 is 5.73 Å². The van der Waals surface area contributed by atoms with E-state index in [4.69, 9.17) is 15.6 Å². The zero-order chi connectivity index (χ0) is 16.8. The van der Waals surface area contributed by atoms with Gasteiger partial charge in [-0.1, -0.05) is 30.3 Å². The Morgan fingerprint density at radius 3 is 2.33 bits per heavy atom. The molecular weight excluding hydrogens is 333 g/mol. The fraction of sp³-hybridized carbons (Fsp3) is 0.556. The Hall–Kier alpha value is -0.244. The minimum atomic E-state index is -0.754. The van der Waals surface area contributed by atoms with Crippen LogP contribution in [-0.4, -0.2) is 80.6 Å². The molecule has 0 saturated heterocycles. The molecule has 128 valence electrons. The molecule has 0 bridgehead atoms. The quantitative estimate of drug-likeness (QED) is 0.596. The van der Waals surface area contributed by atoms with E-state index in [2.05, 4.69) is 0 Å². The number of carboxylic acids is 1. The second kappa shape index (κ2) is 10.7. The molecule has 0 aliphatic heterocycles. The molecule has 1 aliphatic carbocycles. The van der Waals surface area contributed by atoms with Gasteiger partial charge in [0.25, 0.3) is 0 Å². The number of esters is 1. The van der Waals surface area contributed by atoms with Gasteiger partial charge in [-0.2, -0.15) is 0 Å². The van der Waals surface area contributed by atoms with Crippen molar-refractivity contribution in [3.8, 4) is 0 Å². The Balaban J connectivity index is 0.00000288. The van der Waals surface area contributed by atoms with Crippen molar-refractivity contribution in [2.75, 3.05) is 0 Å². The van der Waals surface area contributed by atoms with Crippen LogP contribution in [0, 0.1) is 11.8 Å². The molecule has 1 aliphatic rings. The van der Waals surface area contributed by atoms with Crippen molar-refractivity contribution in [1.29, 1.82) is 0 Å². The van der Waals surface area contributed by atoms with E-state index >= 15 is 0 Å². The number of nitrogens with two attached hydrogens (primary N) is 1. The van der Waals surface area contributed by atoms with Crippen molar-refractivity contribution in [3.05, 3.63) is 35.9 Å². The van der Waals surface area contributed by atoms with Crippen LogP contribution in [-0.2, 0) is 20.7 Å². The molecule has 2 rings (SSSR count). The summed E-state index contributed by atoms with van der Waals surface area (Å²) in [6, 6.07) is 9.19. The third-order valence-electron chi connectivity index (χ3n) is 4.58. The predicted octanol–water partition coefficient (Wildman–Crippen LogP) is 1.73. The van der Waals surface area contributed by atoms with Gasteiger partial charge < -0.3 is 15.6 Å². The van der Waals surface area contributed by atoms with E-state index in [1.54, 1.807) is 0 Å². The second-order valence-electron chi connectivity index (χ2n) is 6.41. The molecule has 0 heterocycles. The number of carboxylic acid groups (broad SMARTS) is 1. The Morgan fingerprint density at radius 2 is 1.79 bits per heavy atom. The fourth-order valence-corrected chi connectivity index (χ4v) is 3.18. The molecule has 2 unspecified atom stereocenters. The average Bonchev–Trinajstić information content (AvgIpc) is 2.55. The van der Waals surface area contributed by atoms with E-state index in [1.807, 2.05) is 37.3 Å². The summed E-state index contributed by atoms with van der Waals surface area (Å²) >= 11 is 0. The SMILES string of the molecule is CC(Cc1ccccc1)OC(=O)C(N)[C@H]1CC[C@H](C(=O)O)CC1.[KH]. The fourth-order valence-electron chi connectivity index (χ4n) is 3.18. The van der Waals surface area contributed by atoms with Crippen molar-refractivity contribution in [2.45, 2.75) is 51.2 Å². The van der Waals surface area contributed by atoms with Crippen LogP contribution in [0.1, 0.15) is 38.2 Å². The Bertz CT molecular complexity index is 529. The van der Waals surface area contributed by atoms with Gasteiger partial charge in [0.05, 0.1) is 5.92 Å². The number of carbonyl (C=O) groups excluding carboxylic acids is 1. The number of hydrogen-bond acceptors (Lipinski definition) is 4. The first-order valence-electron chi connectivity index (χ1n) is 8.20. The van der Waals surface area contributed by atoms with Gasteiger partial charge in [-0.3, -0.25) is 9.59 Å². The van der Waals surface area contributed by atoms with Gasteiger partial charge in [-0.05, 0) is 44.1 Å². The third-order valence-corrected chi connectivity index (χ3v) is 4.58. The molecule has 0 radical (unpaired) electrons. The van der Waals surface area contributed by atoms with Gasteiger partial charge in [0.2, 0.25) is 0 Å². The monoisotopic (exact) mass is 359 g/mol. The van der Waals surface area contributed by atoms with Crippen LogP contribution in [0.4, 0.5) is 0 Å². The molecule has 5 nitrogen and oxygen atoms in total. The first-order valence-corrected chi connectivity index (χ1v) is 8.20. The maximum absolute atomic E-state index is 12.2. The van der Waals surface area contributed by atoms with E-state index in [-0.39, 0.29) is 75.3 Å². The van der Waals surface area contributed by atoms with E-state index in [0.717, 1.165) is 5.56 Å². The van der Waals surface area contributed by atoms with Crippen molar-refractivity contribution in [3.63, 3.8) is 0 Å². The Kier molecular flexibility index (Phi) is 9.70. The molecule has 2 atom stereocenters. The van der Waals surface area contributed by atoms with Gasteiger partial charge in [0, 0.05) is 6.42 Å². The molecule has 0 spiro atoms. The Labute approximate surface area is 185 Å². The zero-order valence-electron chi connectivity index (χ0n) is 13.5. The molecule has 1 aromatic rings. The molecule has 1 aromatic carbocycles. The van der Waals surface area contributed by atoms with Gasteiger partial charge in [-0.25, -0.2) is 0 Å². The predicted molar refractivity (Wildman–Crippen MR) is 93.9 cm³/mol. The van der Waals surface area contributed by atoms with E-state index in [9.17, 15) is 9.59 Å². The zero-order valence-corrected chi connectivity index (χ0v) is 13.5. The van der Waals surface area contributed by atoms with Crippen molar-refractivity contribution in [2.24, 2.45) is 17.6 Å². The summed E-state index contributed by atoms with van der Waals surface area (Å²) in [5.74, 6) is -1.42. The van der Waals surface area contributed by atoms with Crippen LogP contribution in [0.5, 0.6) is 0 Å². The summed E-state index contributed by atoms with van der Waals surface area (Å²) in [7, 11) is 0. The van der Waals surface area contributed by atoms with E-state index < -0.39 is 12.0 Å². The number of carbonyl (C=O) groups is 2. The van der Waals surface area contributed by atoms with Crippen LogP contribution in [0.15, 0.2) is 30.3 Å². The van der Waals surface area contributed by atoms with E-state index in [0.29, 0.717) is 32.1 Å². The van der Waals surface area contributed by atoms with E-state index in [1.165, 1.54) is 0 Å². The molecule has 3 N–H and O–H groups in total. The summed E-state index contributed by atoms with van der Waals surface area (Å²) in [5.41, 5.74) is 7.15. The van der Waals surface area contributed by atoms with Gasteiger partial charge in [0.1, 0.15) is 12.1 Å². The van der Waals surface area contributed by atoms with Crippen LogP contribution in [0.3, 0.4) is 0 Å². The van der Waals surface area contributed by atoms with Gasteiger partial charge in [-0.15, -0.1) is 0 Å². The third kappa shape index (κ3) is 6.58. The summed E-state index contributed by atoms with van der Waals surface area (Å²) in [6.07, 6.45) is 2.93. The summed E-state index contributed by atoms with van der Waals surface area (Å²) in [6.45, 7) is 1.86. The van der Waals surface area contributed by atoms with Gasteiger partial charge >= 0.3 is 63.3 Å².